The highest BCUT2D eigenvalue weighted by atomic mass is 16.3. The molecule has 2 aliphatic heterocycles. The second kappa shape index (κ2) is 5.61. The number of hydrogen-bond donors (Lipinski definition) is 1. The Labute approximate surface area is 131 Å². The summed E-state index contributed by atoms with van der Waals surface area (Å²) in [6.07, 6.45) is 2.63. The number of benzene rings is 1. The van der Waals surface area contributed by atoms with Crippen molar-refractivity contribution in [1.82, 2.24) is 14.8 Å². The zero-order valence-corrected chi connectivity index (χ0v) is 13.0. The first kappa shape index (κ1) is 14.1. The Balaban J connectivity index is 1.51. The molecule has 4 heteroatoms. The van der Waals surface area contributed by atoms with Crippen LogP contribution in [0.4, 0.5) is 0 Å². The molecule has 4 rings (SSSR count). The van der Waals surface area contributed by atoms with Crippen LogP contribution in [0.5, 0.6) is 0 Å². The van der Waals surface area contributed by atoms with Crippen molar-refractivity contribution in [3.63, 3.8) is 0 Å². The summed E-state index contributed by atoms with van der Waals surface area (Å²) in [5, 5.41) is 11.1. The van der Waals surface area contributed by atoms with Crippen molar-refractivity contribution in [1.29, 1.82) is 0 Å². The average molecular weight is 297 g/mol. The predicted octanol–water partition coefficient (Wildman–Crippen LogP) is 1.87. The van der Waals surface area contributed by atoms with Crippen LogP contribution < -0.4 is 0 Å². The minimum absolute atomic E-state index is 0.135. The molecule has 1 aromatic heterocycles. The van der Waals surface area contributed by atoms with Crippen LogP contribution in [0.25, 0.3) is 10.9 Å². The molecule has 1 N–H and O–H groups in total. The molecule has 0 bridgehead atoms. The monoisotopic (exact) mass is 297 g/mol. The van der Waals surface area contributed by atoms with Gasteiger partial charge in [-0.3, -0.25) is 14.8 Å². The van der Waals surface area contributed by atoms with Crippen molar-refractivity contribution in [2.45, 2.75) is 38.1 Å². The molecular formula is C18H23N3O. The first-order valence-corrected chi connectivity index (χ1v) is 8.19. The van der Waals surface area contributed by atoms with Gasteiger partial charge >= 0.3 is 0 Å². The van der Waals surface area contributed by atoms with Gasteiger partial charge in [-0.25, -0.2) is 0 Å². The standard InChI is InChI=1S/C18H23N3O/c1-13-9-21-12-17(22)8-16(21)11-20(13)10-14-4-5-18-15(7-14)3-2-6-19-18/h2-7,13,16-17,22H,8-12H2,1H3/t13-,16-,17+/m0/s1. The number of pyridine rings is 1. The van der Waals surface area contributed by atoms with Crippen molar-refractivity contribution in [3.8, 4) is 0 Å². The summed E-state index contributed by atoms with van der Waals surface area (Å²) >= 11 is 0. The van der Waals surface area contributed by atoms with Gasteiger partial charge in [0, 0.05) is 49.8 Å². The van der Waals surface area contributed by atoms with E-state index in [-0.39, 0.29) is 6.10 Å². The summed E-state index contributed by atoms with van der Waals surface area (Å²) in [5.74, 6) is 0. The Bertz CT molecular complexity index is 674. The van der Waals surface area contributed by atoms with Crippen molar-refractivity contribution in [2.75, 3.05) is 19.6 Å². The van der Waals surface area contributed by atoms with Gasteiger partial charge in [0.1, 0.15) is 0 Å². The molecule has 4 nitrogen and oxygen atoms in total. The van der Waals surface area contributed by atoms with E-state index in [9.17, 15) is 5.11 Å². The zero-order chi connectivity index (χ0) is 15.1. The molecule has 116 valence electrons. The fourth-order valence-corrected chi connectivity index (χ4v) is 3.95. The van der Waals surface area contributed by atoms with Gasteiger partial charge in [0.25, 0.3) is 0 Å². The topological polar surface area (TPSA) is 39.6 Å². The van der Waals surface area contributed by atoms with Crippen molar-refractivity contribution in [2.24, 2.45) is 0 Å². The summed E-state index contributed by atoms with van der Waals surface area (Å²) in [6.45, 7) is 6.25. The summed E-state index contributed by atoms with van der Waals surface area (Å²) in [7, 11) is 0. The van der Waals surface area contributed by atoms with Crippen LogP contribution >= 0.6 is 0 Å². The van der Waals surface area contributed by atoms with Crippen LogP contribution in [0.1, 0.15) is 18.9 Å². The third-order valence-electron chi connectivity index (χ3n) is 5.13. The van der Waals surface area contributed by atoms with E-state index < -0.39 is 0 Å². The maximum absolute atomic E-state index is 9.87. The summed E-state index contributed by atoms with van der Waals surface area (Å²) in [4.78, 5) is 9.39. The van der Waals surface area contributed by atoms with Gasteiger partial charge in [-0.2, -0.15) is 0 Å². The normalized spacial score (nSPS) is 29.8. The van der Waals surface area contributed by atoms with E-state index in [1.54, 1.807) is 0 Å². The number of aliphatic hydroxyl groups excluding tert-OH is 1. The van der Waals surface area contributed by atoms with Gasteiger partial charge in [-0.15, -0.1) is 0 Å². The molecule has 2 aliphatic rings. The van der Waals surface area contributed by atoms with Crippen LogP contribution in [-0.4, -0.2) is 57.7 Å². The number of hydrogen-bond acceptors (Lipinski definition) is 4. The second-order valence-electron chi connectivity index (χ2n) is 6.81. The Kier molecular flexibility index (Phi) is 3.60. The van der Waals surface area contributed by atoms with Crippen molar-refractivity contribution in [3.05, 3.63) is 42.1 Å². The lowest BCUT2D eigenvalue weighted by Crippen LogP contribution is -2.54. The highest BCUT2D eigenvalue weighted by Crippen LogP contribution is 2.26. The fraction of sp³-hybridized carbons (Fsp3) is 0.500. The second-order valence-corrected chi connectivity index (χ2v) is 6.81. The molecule has 0 spiro atoms. The first-order chi connectivity index (χ1) is 10.7. The largest absolute Gasteiger partial charge is 0.392 e. The van der Waals surface area contributed by atoms with Crippen LogP contribution in [-0.2, 0) is 6.54 Å². The minimum atomic E-state index is -0.135. The van der Waals surface area contributed by atoms with Crippen LogP contribution in [0.15, 0.2) is 36.5 Å². The lowest BCUT2D eigenvalue weighted by Gasteiger charge is -2.42. The Hall–Kier alpha value is -1.49. The number of fused-ring (bicyclic) bond motifs is 2. The van der Waals surface area contributed by atoms with E-state index >= 15 is 0 Å². The summed E-state index contributed by atoms with van der Waals surface area (Å²) < 4.78 is 0. The fourth-order valence-electron chi connectivity index (χ4n) is 3.95. The number of rotatable bonds is 2. The molecule has 0 radical (unpaired) electrons. The molecular weight excluding hydrogens is 274 g/mol. The SMILES string of the molecule is C[C@H]1CN2C[C@H](O)C[C@H]2CN1Cc1ccc2ncccc2c1. The third kappa shape index (κ3) is 2.62. The Morgan fingerprint density at radius 1 is 1.23 bits per heavy atom. The highest BCUT2D eigenvalue weighted by Gasteiger charge is 2.37. The molecule has 22 heavy (non-hydrogen) atoms. The lowest BCUT2D eigenvalue weighted by atomic mass is 10.1. The quantitative estimate of drug-likeness (QED) is 0.919. The molecule has 0 saturated carbocycles. The molecule has 2 aromatic rings. The van der Waals surface area contributed by atoms with Crippen LogP contribution in [0, 0.1) is 0 Å². The molecule has 0 aliphatic carbocycles. The van der Waals surface area contributed by atoms with E-state index in [2.05, 4.69) is 46.0 Å². The maximum atomic E-state index is 9.87. The van der Waals surface area contributed by atoms with E-state index in [0.717, 1.165) is 38.1 Å². The molecule has 1 aromatic carbocycles. The molecule has 3 atom stereocenters. The number of nitrogens with zero attached hydrogens (tertiary/aromatic N) is 3. The van der Waals surface area contributed by atoms with E-state index in [0.29, 0.717) is 12.1 Å². The minimum Gasteiger partial charge on any atom is -0.392 e. The zero-order valence-electron chi connectivity index (χ0n) is 13.0. The van der Waals surface area contributed by atoms with Crippen LogP contribution in [0.2, 0.25) is 0 Å². The average Bonchev–Trinajstić information content (AvgIpc) is 2.86. The highest BCUT2D eigenvalue weighted by molar-refractivity contribution is 5.78. The molecule has 0 unspecified atom stereocenters. The molecule has 3 heterocycles. The Morgan fingerprint density at radius 2 is 2.14 bits per heavy atom. The molecule has 2 saturated heterocycles. The van der Waals surface area contributed by atoms with Gasteiger partial charge in [-0.05, 0) is 37.1 Å². The predicted molar refractivity (Wildman–Crippen MR) is 87.6 cm³/mol. The summed E-state index contributed by atoms with van der Waals surface area (Å²) in [5.41, 5.74) is 2.40. The van der Waals surface area contributed by atoms with Gasteiger partial charge in [-0.1, -0.05) is 12.1 Å². The van der Waals surface area contributed by atoms with E-state index in [4.69, 9.17) is 0 Å². The Morgan fingerprint density at radius 3 is 3.05 bits per heavy atom. The molecule has 2 fully saturated rings. The maximum Gasteiger partial charge on any atom is 0.0702 e. The number of aromatic nitrogens is 1. The van der Waals surface area contributed by atoms with E-state index in [1.807, 2.05) is 12.3 Å². The lowest BCUT2D eigenvalue weighted by molar-refractivity contribution is 0.0529. The van der Waals surface area contributed by atoms with Gasteiger partial charge in [0.15, 0.2) is 0 Å². The first-order valence-electron chi connectivity index (χ1n) is 8.19. The van der Waals surface area contributed by atoms with Crippen LogP contribution in [0.3, 0.4) is 0 Å². The van der Waals surface area contributed by atoms with Gasteiger partial charge < -0.3 is 5.11 Å². The van der Waals surface area contributed by atoms with E-state index in [1.165, 1.54) is 10.9 Å². The van der Waals surface area contributed by atoms with Crippen molar-refractivity contribution >= 4 is 10.9 Å². The van der Waals surface area contributed by atoms with Crippen molar-refractivity contribution < 1.29 is 5.11 Å². The number of aliphatic hydroxyl groups is 1. The molecule has 0 amide bonds. The van der Waals surface area contributed by atoms with Gasteiger partial charge in [0.05, 0.1) is 11.6 Å². The van der Waals surface area contributed by atoms with Gasteiger partial charge in [0.2, 0.25) is 0 Å². The summed E-state index contributed by atoms with van der Waals surface area (Å²) in [6, 6.07) is 11.7. The number of piperazine rings is 1. The third-order valence-corrected chi connectivity index (χ3v) is 5.13. The smallest absolute Gasteiger partial charge is 0.0702 e.